The first kappa shape index (κ1) is 12.1. The topological polar surface area (TPSA) is 72.0 Å². The quantitative estimate of drug-likeness (QED) is 0.637. The van der Waals surface area contributed by atoms with Crippen molar-refractivity contribution in [1.82, 2.24) is 4.98 Å². The molecule has 0 aliphatic carbocycles. The molecule has 1 aromatic heterocycles. The molecule has 18 heavy (non-hydrogen) atoms. The molecule has 4 heteroatoms. The van der Waals surface area contributed by atoms with E-state index in [9.17, 15) is 0 Å². The number of amidine groups is 1. The average Bonchev–Trinajstić information content (AvgIpc) is 2.37. The summed E-state index contributed by atoms with van der Waals surface area (Å²) in [6, 6.07) is 9.19. The molecule has 0 aliphatic rings. The first-order valence-corrected chi connectivity index (χ1v) is 5.63. The molecule has 0 saturated heterocycles. The second kappa shape index (κ2) is 5.31. The molecule has 2 rings (SSSR count). The van der Waals surface area contributed by atoms with E-state index in [0.717, 1.165) is 16.9 Å². The highest BCUT2D eigenvalue weighted by molar-refractivity contribution is 5.94. The van der Waals surface area contributed by atoms with Crippen molar-refractivity contribution in [3.05, 3.63) is 59.4 Å². The maximum atomic E-state index is 7.29. The van der Waals surface area contributed by atoms with E-state index in [-0.39, 0.29) is 5.84 Å². The van der Waals surface area contributed by atoms with Crippen molar-refractivity contribution in [2.24, 2.45) is 5.73 Å². The molecule has 1 aromatic carbocycles. The summed E-state index contributed by atoms with van der Waals surface area (Å²) in [5.74, 6) is 0.811. The highest BCUT2D eigenvalue weighted by Crippen LogP contribution is 2.14. The zero-order chi connectivity index (χ0) is 13.0. The van der Waals surface area contributed by atoms with Crippen molar-refractivity contribution in [1.29, 1.82) is 5.41 Å². The van der Waals surface area contributed by atoms with Crippen LogP contribution in [-0.4, -0.2) is 10.8 Å². The Balaban J connectivity index is 2.00. The van der Waals surface area contributed by atoms with Crippen LogP contribution in [0.2, 0.25) is 0 Å². The molecule has 4 nitrogen and oxygen atoms in total. The fraction of sp³-hybridized carbons (Fsp3) is 0.143. The van der Waals surface area contributed by atoms with Gasteiger partial charge in [-0.1, -0.05) is 0 Å². The third-order valence-corrected chi connectivity index (χ3v) is 2.50. The van der Waals surface area contributed by atoms with Gasteiger partial charge < -0.3 is 10.5 Å². The van der Waals surface area contributed by atoms with E-state index in [4.69, 9.17) is 15.9 Å². The summed E-state index contributed by atoms with van der Waals surface area (Å²) in [6.45, 7) is 2.48. The van der Waals surface area contributed by atoms with Gasteiger partial charge in [-0.25, -0.2) is 0 Å². The Labute approximate surface area is 106 Å². The van der Waals surface area contributed by atoms with Crippen molar-refractivity contribution in [3.63, 3.8) is 0 Å². The van der Waals surface area contributed by atoms with E-state index < -0.39 is 0 Å². The molecule has 2 aromatic rings. The van der Waals surface area contributed by atoms with Gasteiger partial charge in [0.1, 0.15) is 18.2 Å². The van der Waals surface area contributed by atoms with E-state index in [1.54, 1.807) is 30.5 Å². The van der Waals surface area contributed by atoms with Crippen molar-refractivity contribution < 1.29 is 4.74 Å². The van der Waals surface area contributed by atoms with Crippen LogP contribution >= 0.6 is 0 Å². The predicted octanol–water partition coefficient (Wildman–Crippen LogP) is 2.25. The number of hydrogen-bond acceptors (Lipinski definition) is 3. The summed E-state index contributed by atoms with van der Waals surface area (Å²) in [5, 5.41) is 7.29. The minimum absolute atomic E-state index is 0.0597. The second-order valence-corrected chi connectivity index (χ2v) is 4.10. The van der Waals surface area contributed by atoms with Gasteiger partial charge in [0, 0.05) is 23.5 Å². The van der Waals surface area contributed by atoms with Crippen molar-refractivity contribution in [3.8, 4) is 5.75 Å². The number of ether oxygens (including phenoxy) is 1. The van der Waals surface area contributed by atoms with Crippen LogP contribution in [0, 0.1) is 12.3 Å². The summed E-state index contributed by atoms with van der Waals surface area (Å²) < 4.78 is 5.63. The van der Waals surface area contributed by atoms with Gasteiger partial charge in [0.15, 0.2) is 0 Å². The maximum absolute atomic E-state index is 7.29. The standard InChI is InChI=1S/C14H15N3O/c1-10-6-11(8-17-7-10)9-18-13-4-2-12(3-5-13)14(15)16/h2-8H,9H2,1H3,(H3,15,16). The van der Waals surface area contributed by atoms with Crippen molar-refractivity contribution in [2.75, 3.05) is 0 Å². The Morgan fingerprint density at radius 3 is 2.61 bits per heavy atom. The molecule has 0 unspecified atom stereocenters. The van der Waals surface area contributed by atoms with Crippen LogP contribution in [0.25, 0.3) is 0 Å². The second-order valence-electron chi connectivity index (χ2n) is 4.10. The Morgan fingerprint density at radius 1 is 1.28 bits per heavy atom. The summed E-state index contributed by atoms with van der Waals surface area (Å²) >= 11 is 0. The number of rotatable bonds is 4. The van der Waals surface area contributed by atoms with E-state index in [1.807, 2.05) is 19.2 Å². The highest BCUT2D eigenvalue weighted by atomic mass is 16.5. The molecule has 0 aliphatic heterocycles. The van der Waals surface area contributed by atoms with Crippen LogP contribution in [0.4, 0.5) is 0 Å². The third-order valence-electron chi connectivity index (χ3n) is 2.50. The van der Waals surface area contributed by atoms with Crippen LogP contribution < -0.4 is 10.5 Å². The maximum Gasteiger partial charge on any atom is 0.122 e. The monoisotopic (exact) mass is 241 g/mol. The summed E-state index contributed by atoms with van der Waals surface area (Å²) in [5.41, 5.74) is 8.22. The predicted molar refractivity (Wildman–Crippen MR) is 70.8 cm³/mol. The molecule has 0 radical (unpaired) electrons. The normalized spacial score (nSPS) is 10.1. The number of aryl methyl sites for hydroxylation is 1. The third kappa shape index (κ3) is 3.07. The number of nitrogen functional groups attached to an aromatic ring is 1. The minimum Gasteiger partial charge on any atom is -0.489 e. The number of pyridine rings is 1. The molecular formula is C14H15N3O. The number of hydrogen-bond donors (Lipinski definition) is 2. The van der Waals surface area contributed by atoms with Gasteiger partial charge >= 0.3 is 0 Å². The Bertz CT molecular complexity index is 549. The molecule has 0 spiro atoms. The number of aromatic nitrogens is 1. The molecule has 0 saturated carbocycles. The number of nitrogens with two attached hydrogens (primary N) is 1. The van der Waals surface area contributed by atoms with Crippen LogP contribution in [-0.2, 0) is 6.61 Å². The van der Waals surface area contributed by atoms with Gasteiger partial charge in [-0.05, 0) is 42.8 Å². The molecule has 1 heterocycles. The van der Waals surface area contributed by atoms with Crippen LogP contribution in [0.3, 0.4) is 0 Å². The largest absolute Gasteiger partial charge is 0.489 e. The summed E-state index contributed by atoms with van der Waals surface area (Å²) in [7, 11) is 0. The molecular weight excluding hydrogens is 226 g/mol. The van der Waals surface area contributed by atoms with Gasteiger partial charge in [-0.15, -0.1) is 0 Å². The highest BCUT2D eigenvalue weighted by Gasteiger charge is 1.99. The Morgan fingerprint density at radius 2 is 2.00 bits per heavy atom. The number of benzene rings is 1. The lowest BCUT2D eigenvalue weighted by atomic mass is 10.2. The fourth-order valence-corrected chi connectivity index (χ4v) is 1.59. The fourth-order valence-electron chi connectivity index (χ4n) is 1.59. The lowest BCUT2D eigenvalue weighted by Crippen LogP contribution is -2.10. The number of nitrogens with zero attached hydrogens (tertiary/aromatic N) is 1. The summed E-state index contributed by atoms with van der Waals surface area (Å²) in [4.78, 5) is 4.11. The van der Waals surface area contributed by atoms with E-state index in [0.29, 0.717) is 12.2 Å². The van der Waals surface area contributed by atoms with E-state index >= 15 is 0 Å². The van der Waals surface area contributed by atoms with Crippen LogP contribution in [0.1, 0.15) is 16.7 Å². The first-order valence-electron chi connectivity index (χ1n) is 5.63. The molecule has 3 N–H and O–H groups in total. The van der Waals surface area contributed by atoms with Crippen LogP contribution in [0.15, 0.2) is 42.7 Å². The van der Waals surface area contributed by atoms with Gasteiger partial charge in [0.2, 0.25) is 0 Å². The number of nitrogens with one attached hydrogen (secondary N) is 1. The molecule has 0 amide bonds. The lowest BCUT2D eigenvalue weighted by Gasteiger charge is -2.07. The molecule has 0 fully saturated rings. The smallest absolute Gasteiger partial charge is 0.122 e. The first-order chi connectivity index (χ1) is 8.65. The molecule has 0 atom stereocenters. The average molecular weight is 241 g/mol. The van der Waals surface area contributed by atoms with E-state index in [2.05, 4.69) is 4.98 Å². The van der Waals surface area contributed by atoms with Gasteiger partial charge in [0.05, 0.1) is 0 Å². The minimum atomic E-state index is 0.0597. The van der Waals surface area contributed by atoms with Gasteiger partial charge in [-0.3, -0.25) is 10.4 Å². The zero-order valence-electron chi connectivity index (χ0n) is 10.2. The van der Waals surface area contributed by atoms with Crippen LogP contribution in [0.5, 0.6) is 5.75 Å². The van der Waals surface area contributed by atoms with Crippen molar-refractivity contribution >= 4 is 5.84 Å². The molecule has 92 valence electrons. The lowest BCUT2D eigenvalue weighted by molar-refractivity contribution is 0.305. The van der Waals surface area contributed by atoms with Crippen molar-refractivity contribution in [2.45, 2.75) is 13.5 Å². The van der Waals surface area contributed by atoms with E-state index in [1.165, 1.54) is 0 Å². The molecule has 0 bridgehead atoms. The van der Waals surface area contributed by atoms with Gasteiger partial charge in [-0.2, -0.15) is 0 Å². The SMILES string of the molecule is Cc1cncc(COc2ccc(C(=N)N)cc2)c1. The Hall–Kier alpha value is -2.36. The zero-order valence-corrected chi connectivity index (χ0v) is 10.2. The summed E-state index contributed by atoms with van der Waals surface area (Å²) in [6.07, 6.45) is 3.60. The Kier molecular flexibility index (Phi) is 3.57. The van der Waals surface area contributed by atoms with Gasteiger partial charge in [0.25, 0.3) is 0 Å².